The minimum absolute atomic E-state index is 0.0128. The van der Waals surface area contributed by atoms with Crippen LogP contribution in [0.4, 0.5) is 17.6 Å². The molecule has 1 heterocycles. The summed E-state index contributed by atoms with van der Waals surface area (Å²) in [7, 11) is 1.72. The molecule has 7 heteroatoms. The fraction of sp³-hybridized carbons (Fsp3) is 0.0909. The first-order chi connectivity index (χ1) is 8.61. The lowest BCUT2D eigenvalue weighted by Gasteiger charge is -2.18. The Morgan fingerprint density at radius 3 is 2.67 bits per heavy atom. The average Bonchev–Trinajstić information content (AvgIpc) is 2.36. The van der Waals surface area contributed by atoms with Crippen molar-refractivity contribution in [1.82, 2.24) is 15.0 Å². The highest BCUT2D eigenvalue weighted by atomic mass is 35.5. The number of aromatic nitrogens is 3. The molecule has 0 saturated carbocycles. The van der Waals surface area contributed by atoms with E-state index in [0.29, 0.717) is 11.3 Å². The van der Waals surface area contributed by atoms with Crippen molar-refractivity contribution < 1.29 is 0 Å². The predicted molar refractivity (Wildman–Crippen MR) is 68.5 cm³/mol. The third kappa shape index (κ3) is 2.31. The van der Waals surface area contributed by atoms with Crippen molar-refractivity contribution in [3.05, 3.63) is 35.1 Å². The first kappa shape index (κ1) is 12.1. The summed E-state index contributed by atoms with van der Waals surface area (Å²) < 4.78 is 0. The van der Waals surface area contributed by atoms with Gasteiger partial charge in [-0.3, -0.25) is 0 Å². The lowest BCUT2D eigenvalue weighted by atomic mass is 10.2. The highest BCUT2D eigenvalue weighted by Gasteiger charge is 2.12. The summed E-state index contributed by atoms with van der Waals surface area (Å²) in [5.74, 6) is 0.321. The minimum Gasteiger partial charge on any atom is -0.368 e. The maximum atomic E-state index is 9.04. The first-order valence-electron chi connectivity index (χ1n) is 5.01. The maximum Gasteiger partial charge on any atom is 0.235 e. The third-order valence-corrected chi connectivity index (χ3v) is 2.47. The molecule has 0 spiro atoms. The number of nitriles is 1. The fourth-order valence-corrected chi connectivity index (χ4v) is 1.64. The molecule has 18 heavy (non-hydrogen) atoms. The molecule has 0 saturated heterocycles. The van der Waals surface area contributed by atoms with Crippen molar-refractivity contribution >= 4 is 29.2 Å². The van der Waals surface area contributed by atoms with Gasteiger partial charge in [0.15, 0.2) is 0 Å². The van der Waals surface area contributed by atoms with Crippen molar-refractivity contribution in [3.8, 4) is 6.07 Å². The van der Waals surface area contributed by atoms with E-state index in [2.05, 4.69) is 21.0 Å². The molecular formula is C11H9ClN6. The van der Waals surface area contributed by atoms with E-state index in [1.807, 2.05) is 6.07 Å². The van der Waals surface area contributed by atoms with E-state index < -0.39 is 0 Å². The Bertz CT molecular complexity index is 601. The molecule has 0 fully saturated rings. The summed E-state index contributed by atoms with van der Waals surface area (Å²) in [6.45, 7) is 0. The van der Waals surface area contributed by atoms with E-state index in [4.69, 9.17) is 22.6 Å². The van der Waals surface area contributed by atoms with E-state index in [9.17, 15) is 0 Å². The van der Waals surface area contributed by atoms with E-state index in [1.54, 1.807) is 30.1 Å². The van der Waals surface area contributed by atoms with Crippen LogP contribution in [-0.4, -0.2) is 22.0 Å². The lowest BCUT2D eigenvalue weighted by Crippen LogP contribution is -2.16. The van der Waals surface area contributed by atoms with Gasteiger partial charge in [0.1, 0.15) is 6.07 Å². The molecule has 2 aromatic rings. The van der Waals surface area contributed by atoms with Gasteiger partial charge in [0, 0.05) is 7.05 Å². The molecule has 2 rings (SSSR count). The highest BCUT2D eigenvalue weighted by Crippen LogP contribution is 2.24. The Balaban J connectivity index is 2.48. The van der Waals surface area contributed by atoms with Crippen LogP contribution in [0.5, 0.6) is 0 Å². The Hall–Kier alpha value is -2.39. The van der Waals surface area contributed by atoms with E-state index in [1.165, 1.54) is 0 Å². The summed E-state index contributed by atoms with van der Waals surface area (Å²) in [6, 6.07) is 9.19. The van der Waals surface area contributed by atoms with Crippen molar-refractivity contribution in [1.29, 1.82) is 5.26 Å². The molecule has 0 aliphatic heterocycles. The Labute approximate surface area is 109 Å². The SMILES string of the molecule is CN(c1nc(N)nc(Cl)n1)c1ccccc1C#N. The Morgan fingerprint density at radius 1 is 1.28 bits per heavy atom. The molecule has 0 bridgehead atoms. The van der Waals surface area contributed by atoms with Crippen molar-refractivity contribution in [3.63, 3.8) is 0 Å². The van der Waals surface area contributed by atoms with Crippen LogP contribution in [0.2, 0.25) is 5.28 Å². The van der Waals surface area contributed by atoms with Crippen LogP contribution >= 0.6 is 11.6 Å². The number of rotatable bonds is 2. The summed E-state index contributed by atoms with van der Waals surface area (Å²) in [6.07, 6.45) is 0. The van der Waals surface area contributed by atoms with Gasteiger partial charge < -0.3 is 10.6 Å². The van der Waals surface area contributed by atoms with Crippen molar-refractivity contribution in [2.75, 3.05) is 17.7 Å². The van der Waals surface area contributed by atoms with Crippen molar-refractivity contribution in [2.24, 2.45) is 0 Å². The van der Waals surface area contributed by atoms with E-state index in [0.717, 1.165) is 0 Å². The second-order valence-electron chi connectivity index (χ2n) is 3.45. The zero-order valence-corrected chi connectivity index (χ0v) is 10.3. The molecule has 1 aromatic carbocycles. The van der Waals surface area contributed by atoms with Gasteiger partial charge in [0.25, 0.3) is 0 Å². The number of anilines is 3. The Morgan fingerprint density at radius 2 is 2.00 bits per heavy atom. The van der Waals surface area contributed by atoms with Gasteiger partial charge in [-0.15, -0.1) is 0 Å². The number of halogens is 1. The topological polar surface area (TPSA) is 91.7 Å². The number of benzene rings is 1. The van der Waals surface area contributed by atoms with Crippen LogP contribution in [0.15, 0.2) is 24.3 Å². The summed E-state index contributed by atoms with van der Waals surface area (Å²) in [5.41, 5.74) is 6.69. The van der Waals surface area contributed by atoms with E-state index >= 15 is 0 Å². The summed E-state index contributed by atoms with van der Waals surface area (Å²) in [5, 5.41) is 9.06. The molecular weight excluding hydrogens is 252 g/mol. The normalized spacial score (nSPS) is 9.83. The van der Waals surface area contributed by atoms with Crippen LogP contribution in [0, 0.1) is 11.3 Å². The second kappa shape index (κ2) is 4.85. The van der Waals surface area contributed by atoms with Crippen molar-refractivity contribution in [2.45, 2.75) is 0 Å². The number of nitrogens with two attached hydrogens (primary N) is 1. The predicted octanol–water partition coefficient (Wildman–Crippen LogP) is 1.75. The number of hydrogen-bond acceptors (Lipinski definition) is 6. The smallest absolute Gasteiger partial charge is 0.235 e. The van der Waals surface area contributed by atoms with Gasteiger partial charge in [-0.1, -0.05) is 12.1 Å². The van der Waals surface area contributed by atoms with Crippen LogP contribution in [0.1, 0.15) is 5.56 Å². The van der Waals surface area contributed by atoms with Crippen LogP contribution in [0.25, 0.3) is 0 Å². The molecule has 0 unspecified atom stereocenters. The molecule has 2 N–H and O–H groups in total. The first-order valence-corrected chi connectivity index (χ1v) is 5.39. The molecule has 0 atom stereocenters. The molecule has 90 valence electrons. The van der Waals surface area contributed by atoms with Gasteiger partial charge in [0.05, 0.1) is 11.3 Å². The van der Waals surface area contributed by atoms with Crippen LogP contribution < -0.4 is 10.6 Å². The van der Waals surface area contributed by atoms with Gasteiger partial charge in [0.2, 0.25) is 17.2 Å². The monoisotopic (exact) mass is 260 g/mol. The molecule has 6 nitrogen and oxygen atoms in total. The molecule has 0 radical (unpaired) electrons. The van der Waals surface area contributed by atoms with Gasteiger partial charge in [-0.25, -0.2) is 0 Å². The zero-order chi connectivity index (χ0) is 13.1. The third-order valence-electron chi connectivity index (χ3n) is 2.30. The molecule has 0 aliphatic carbocycles. The van der Waals surface area contributed by atoms with Crippen LogP contribution in [0.3, 0.4) is 0 Å². The van der Waals surface area contributed by atoms with Gasteiger partial charge in [-0.05, 0) is 23.7 Å². The fourth-order valence-electron chi connectivity index (χ4n) is 1.47. The quantitative estimate of drug-likeness (QED) is 0.884. The van der Waals surface area contributed by atoms with E-state index in [-0.39, 0.29) is 17.2 Å². The average molecular weight is 261 g/mol. The standard InChI is InChI=1S/C11H9ClN6/c1-18(8-5-3-2-4-7(8)6-13)11-16-9(12)15-10(14)17-11/h2-5H,1H3,(H2,14,15,16,17). The van der Waals surface area contributed by atoms with Crippen LogP contribution in [-0.2, 0) is 0 Å². The minimum atomic E-state index is 0.0128. The number of hydrogen-bond donors (Lipinski definition) is 1. The number of para-hydroxylation sites is 1. The molecule has 0 aliphatic rings. The number of nitrogen functional groups attached to an aromatic ring is 1. The van der Waals surface area contributed by atoms with Gasteiger partial charge in [-0.2, -0.15) is 20.2 Å². The van der Waals surface area contributed by atoms with Gasteiger partial charge >= 0.3 is 0 Å². The summed E-state index contributed by atoms with van der Waals surface area (Å²) >= 11 is 5.72. The maximum absolute atomic E-state index is 9.04. The zero-order valence-electron chi connectivity index (χ0n) is 9.50. The molecule has 0 amide bonds. The number of nitrogens with zero attached hydrogens (tertiary/aromatic N) is 5. The largest absolute Gasteiger partial charge is 0.368 e. The molecule has 1 aromatic heterocycles. The summed E-state index contributed by atoms with van der Waals surface area (Å²) in [4.78, 5) is 13.2. The highest BCUT2D eigenvalue weighted by molar-refractivity contribution is 6.28. The lowest BCUT2D eigenvalue weighted by molar-refractivity contribution is 0.994. The Kier molecular flexibility index (Phi) is 3.26. The second-order valence-corrected chi connectivity index (χ2v) is 3.79.